The molecule has 0 N–H and O–H groups in total. The van der Waals surface area contributed by atoms with Gasteiger partial charge in [-0.15, -0.1) is 0 Å². The Morgan fingerprint density at radius 1 is 0.952 bits per heavy atom. The van der Waals surface area contributed by atoms with Crippen LogP contribution in [-0.4, -0.2) is 17.9 Å². The molecule has 4 aliphatic rings. The normalized spacial score (nSPS) is 52.7. The molecule has 3 saturated carbocycles. The van der Waals surface area contributed by atoms with Gasteiger partial charge in [0.15, 0.2) is 0 Å². The molecule has 3 aliphatic carbocycles. The van der Waals surface area contributed by atoms with E-state index in [1.54, 1.807) is 0 Å². The van der Waals surface area contributed by atoms with E-state index in [1.807, 2.05) is 0 Å². The Morgan fingerprint density at radius 2 is 1.76 bits per heavy atom. The minimum Gasteiger partial charge on any atom is -0.462 e. The van der Waals surface area contributed by atoms with Crippen molar-refractivity contribution in [3.05, 3.63) is 0 Å². The Labute approximate surface area is 126 Å². The van der Waals surface area contributed by atoms with Crippen molar-refractivity contribution < 1.29 is 14.3 Å². The Hall–Kier alpha value is -0.860. The minimum atomic E-state index is -0.0459. The van der Waals surface area contributed by atoms with Crippen LogP contribution in [0.25, 0.3) is 0 Å². The van der Waals surface area contributed by atoms with Gasteiger partial charge in [-0.2, -0.15) is 0 Å². The molecule has 1 saturated heterocycles. The Bertz CT molecular complexity index is 499. The molecule has 0 radical (unpaired) electrons. The number of hydrogen-bond acceptors (Lipinski definition) is 3. The molecule has 0 spiro atoms. The van der Waals surface area contributed by atoms with Crippen molar-refractivity contribution in [3.63, 3.8) is 0 Å². The average Bonchev–Trinajstić information content (AvgIpc) is 2.76. The van der Waals surface area contributed by atoms with E-state index in [2.05, 4.69) is 13.8 Å². The summed E-state index contributed by atoms with van der Waals surface area (Å²) in [6, 6.07) is 0. The largest absolute Gasteiger partial charge is 0.462 e. The van der Waals surface area contributed by atoms with E-state index in [0.717, 1.165) is 44.9 Å². The van der Waals surface area contributed by atoms with Crippen LogP contribution in [-0.2, 0) is 14.3 Å². The number of fused-ring (bicyclic) bond motifs is 5. The Balaban J connectivity index is 1.65. The standard InChI is InChI=1S/C18H26O3/c1-17-9-7-13-11(12(17)4-5-14(17)19)3-6-15-18(13,2)10-8-16(20)21-15/h11-13,15H,3-10H2,1-2H3. The summed E-state index contributed by atoms with van der Waals surface area (Å²) in [5.41, 5.74) is 0.111. The highest BCUT2D eigenvalue weighted by atomic mass is 16.5. The molecule has 3 nitrogen and oxygen atoms in total. The predicted molar refractivity (Wildman–Crippen MR) is 78.5 cm³/mol. The molecule has 21 heavy (non-hydrogen) atoms. The quantitative estimate of drug-likeness (QED) is 0.641. The molecule has 4 fully saturated rings. The fourth-order valence-corrected chi connectivity index (χ4v) is 6.32. The molecule has 0 aromatic rings. The van der Waals surface area contributed by atoms with Crippen molar-refractivity contribution in [2.45, 2.75) is 71.3 Å². The second kappa shape index (κ2) is 4.33. The smallest absolute Gasteiger partial charge is 0.306 e. The zero-order valence-electron chi connectivity index (χ0n) is 13.2. The number of carbonyl (C=O) groups excluding carboxylic acids is 2. The molecule has 4 rings (SSSR count). The summed E-state index contributed by atoms with van der Waals surface area (Å²) in [7, 11) is 0. The number of ether oxygens (including phenoxy) is 1. The van der Waals surface area contributed by atoms with Gasteiger partial charge in [0.1, 0.15) is 11.9 Å². The molecule has 3 heteroatoms. The first-order valence-corrected chi connectivity index (χ1v) is 8.68. The molecule has 0 aromatic carbocycles. The molecule has 116 valence electrons. The number of esters is 1. The van der Waals surface area contributed by atoms with E-state index >= 15 is 0 Å². The van der Waals surface area contributed by atoms with Crippen LogP contribution in [0.1, 0.15) is 65.2 Å². The lowest BCUT2D eigenvalue weighted by atomic mass is 9.48. The SMILES string of the molecule is CC12CCC3C(CCC4OC(=O)CCC43C)C1CCC2=O. The average molecular weight is 290 g/mol. The van der Waals surface area contributed by atoms with Crippen LogP contribution in [0.2, 0.25) is 0 Å². The van der Waals surface area contributed by atoms with Crippen molar-refractivity contribution in [2.24, 2.45) is 28.6 Å². The molecule has 0 amide bonds. The van der Waals surface area contributed by atoms with Gasteiger partial charge in [-0.3, -0.25) is 9.59 Å². The molecular weight excluding hydrogens is 264 g/mol. The predicted octanol–water partition coefficient (Wildman–Crippen LogP) is 3.50. The lowest BCUT2D eigenvalue weighted by molar-refractivity contribution is -0.190. The van der Waals surface area contributed by atoms with Crippen LogP contribution in [0.5, 0.6) is 0 Å². The van der Waals surface area contributed by atoms with Gasteiger partial charge in [0, 0.05) is 23.7 Å². The Kier molecular flexibility index (Phi) is 2.84. The number of carbonyl (C=O) groups is 2. The van der Waals surface area contributed by atoms with Gasteiger partial charge in [0.2, 0.25) is 0 Å². The maximum absolute atomic E-state index is 12.3. The first-order chi connectivity index (χ1) is 9.95. The van der Waals surface area contributed by atoms with Gasteiger partial charge in [-0.25, -0.2) is 0 Å². The number of ketones is 1. The molecule has 0 aromatic heterocycles. The Morgan fingerprint density at radius 3 is 2.57 bits per heavy atom. The van der Waals surface area contributed by atoms with E-state index in [9.17, 15) is 9.59 Å². The molecule has 6 unspecified atom stereocenters. The van der Waals surface area contributed by atoms with Gasteiger partial charge in [-0.05, 0) is 56.3 Å². The van der Waals surface area contributed by atoms with Crippen molar-refractivity contribution in [3.8, 4) is 0 Å². The van der Waals surface area contributed by atoms with Crippen molar-refractivity contribution in [2.75, 3.05) is 0 Å². The zero-order valence-corrected chi connectivity index (χ0v) is 13.2. The van der Waals surface area contributed by atoms with E-state index in [1.165, 1.54) is 0 Å². The third-order valence-corrected chi connectivity index (χ3v) is 7.63. The summed E-state index contributed by atoms with van der Waals surface area (Å²) < 4.78 is 5.69. The molecule has 1 heterocycles. The van der Waals surface area contributed by atoms with E-state index in [0.29, 0.717) is 30.0 Å². The highest BCUT2D eigenvalue weighted by Crippen LogP contribution is 2.63. The van der Waals surface area contributed by atoms with E-state index < -0.39 is 0 Å². The topological polar surface area (TPSA) is 43.4 Å². The summed E-state index contributed by atoms with van der Waals surface area (Å²) >= 11 is 0. The number of Topliss-reactive ketones (excluding diaryl/α,β-unsaturated/α-hetero) is 1. The second-order valence-corrected chi connectivity index (χ2v) is 8.36. The summed E-state index contributed by atoms with van der Waals surface area (Å²) in [4.78, 5) is 24.0. The lowest BCUT2D eigenvalue weighted by Crippen LogP contribution is -2.56. The summed E-state index contributed by atoms with van der Waals surface area (Å²) in [6.45, 7) is 4.57. The van der Waals surface area contributed by atoms with Gasteiger partial charge in [0.05, 0.1) is 0 Å². The summed E-state index contributed by atoms with van der Waals surface area (Å²) in [5, 5.41) is 0. The molecular formula is C18H26O3. The number of rotatable bonds is 0. The van der Waals surface area contributed by atoms with Crippen LogP contribution in [0.4, 0.5) is 0 Å². The van der Waals surface area contributed by atoms with Crippen LogP contribution < -0.4 is 0 Å². The van der Waals surface area contributed by atoms with Crippen LogP contribution in [0.3, 0.4) is 0 Å². The third-order valence-electron chi connectivity index (χ3n) is 7.63. The maximum Gasteiger partial charge on any atom is 0.306 e. The number of hydrogen-bond donors (Lipinski definition) is 0. The molecule has 1 aliphatic heterocycles. The van der Waals surface area contributed by atoms with Gasteiger partial charge in [-0.1, -0.05) is 13.8 Å². The molecule has 6 atom stereocenters. The van der Waals surface area contributed by atoms with Crippen LogP contribution in [0, 0.1) is 28.6 Å². The van der Waals surface area contributed by atoms with Crippen LogP contribution in [0.15, 0.2) is 0 Å². The summed E-state index contributed by atoms with van der Waals surface area (Å²) in [5.74, 6) is 2.40. The summed E-state index contributed by atoms with van der Waals surface area (Å²) in [6.07, 6.45) is 7.92. The van der Waals surface area contributed by atoms with Crippen molar-refractivity contribution >= 4 is 11.8 Å². The highest BCUT2D eigenvalue weighted by Gasteiger charge is 2.60. The van der Waals surface area contributed by atoms with Crippen molar-refractivity contribution in [1.29, 1.82) is 0 Å². The highest BCUT2D eigenvalue weighted by molar-refractivity contribution is 5.87. The monoisotopic (exact) mass is 290 g/mol. The zero-order chi connectivity index (χ0) is 14.8. The van der Waals surface area contributed by atoms with Gasteiger partial charge in [0.25, 0.3) is 0 Å². The van der Waals surface area contributed by atoms with Gasteiger partial charge < -0.3 is 4.74 Å². The maximum atomic E-state index is 12.3. The minimum absolute atomic E-state index is 0.00684. The second-order valence-electron chi connectivity index (χ2n) is 8.36. The lowest BCUT2D eigenvalue weighted by Gasteiger charge is -2.58. The van der Waals surface area contributed by atoms with E-state index in [4.69, 9.17) is 4.74 Å². The van der Waals surface area contributed by atoms with Crippen molar-refractivity contribution in [1.82, 2.24) is 0 Å². The molecule has 0 bridgehead atoms. The van der Waals surface area contributed by atoms with Crippen LogP contribution >= 0.6 is 0 Å². The first kappa shape index (κ1) is 13.8. The third kappa shape index (κ3) is 1.72. The first-order valence-electron chi connectivity index (χ1n) is 8.68. The fourth-order valence-electron chi connectivity index (χ4n) is 6.32. The fraction of sp³-hybridized carbons (Fsp3) is 0.889. The van der Waals surface area contributed by atoms with E-state index in [-0.39, 0.29) is 22.9 Å². The van der Waals surface area contributed by atoms with Gasteiger partial charge >= 0.3 is 5.97 Å².